The maximum atomic E-state index is 11.8. The second-order valence-electron chi connectivity index (χ2n) is 3.34. The first-order valence-corrected chi connectivity index (χ1v) is 7.28. The second-order valence-corrected chi connectivity index (χ2v) is 6.51. The SMILES string of the molecule is O=C1c2c(Br)c(Br)c(Br)c(Br)c2C(=O)C1(O)O. The predicted molar refractivity (Wildman–Crippen MR) is 73.1 cm³/mol. The topological polar surface area (TPSA) is 74.6 Å². The third kappa shape index (κ3) is 1.73. The first kappa shape index (κ1) is 13.8. The van der Waals surface area contributed by atoms with Crippen molar-refractivity contribution < 1.29 is 19.8 Å². The fourth-order valence-electron chi connectivity index (χ4n) is 1.51. The van der Waals surface area contributed by atoms with Gasteiger partial charge in [-0.3, -0.25) is 9.59 Å². The average molecular weight is 494 g/mol. The zero-order chi connectivity index (χ0) is 13.1. The molecule has 2 N–H and O–H groups in total. The van der Waals surface area contributed by atoms with Crippen molar-refractivity contribution in [3.63, 3.8) is 0 Å². The van der Waals surface area contributed by atoms with Crippen LogP contribution in [0.1, 0.15) is 20.7 Å². The number of hydrogen-bond acceptors (Lipinski definition) is 4. The summed E-state index contributed by atoms with van der Waals surface area (Å²) >= 11 is 12.7. The molecule has 0 saturated carbocycles. The fourth-order valence-corrected chi connectivity index (χ4v) is 3.99. The lowest BCUT2D eigenvalue weighted by Crippen LogP contribution is -2.40. The molecule has 0 radical (unpaired) electrons. The van der Waals surface area contributed by atoms with E-state index in [9.17, 15) is 19.8 Å². The number of carbonyl (C=O) groups excluding carboxylic acids is 2. The summed E-state index contributed by atoms with van der Waals surface area (Å²) in [5.74, 6) is -5.08. The van der Waals surface area contributed by atoms with Crippen LogP contribution in [-0.2, 0) is 0 Å². The summed E-state index contributed by atoms with van der Waals surface area (Å²) in [5, 5.41) is 18.9. The van der Waals surface area contributed by atoms with Crippen molar-refractivity contribution in [1.29, 1.82) is 0 Å². The van der Waals surface area contributed by atoms with Crippen molar-refractivity contribution in [3.8, 4) is 0 Å². The van der Waals surface area contributed by atoms with Crippen LogP contribution in [0.3, 0.4) is 0 Å². The summed E-state index contributed by atoms with van der Waals surface area (Å²) < 4.78 is 1.60. The van der Waals surface area contributed by atoms with Gasteiger partial charge in [0.05, 0.1) is 11.1 Å². The Balaban J connectivity index is 2.94. The van der Waals surface area contributed by atoms with Gasteiger partial charge in [0.15, 0.2) is 0 Å². The maximum absolute atomic E-state index is 11.8. The van der Waals surface area contributed by atoms with Crippen LogP contribution >= 0.6 is 63.7 Å². The van der Waals surface area contributed by atoms with Gasteiger partial charge >= 0.3 is 0 Å². The Morgan fingerprint density at radius 2 is 1.00 bits per heavy atom. The summed E-state index contributed by atoms with van der Waals surface area (Å²) in [6, 6.07) is 0. The van der Waals surface area contributed by atoms with Gasteiger partial charge in [-0.25, -0.2) is 0 Å². The van der Waals surface area contributed by atoms with E-state index in [1.54, 1.807) is 0 Å². The number of carbonyl (C=O) groups is 2. The van der Waals surface area contributed by atoms with Crippen LogP contribution in [0.5, 0.6) is 0 Å². The minimum Gasteiger partial charge on any atom is -0.353 e. The van der Waals surface area contributed by atoms with Crippen molar-refractivity contribution in [2.45, 2.75) is 5.79 Å². The zero-order valence-corrected chi connectivity index (χ0v) is 14.1. The van der Waals surface area contributed by atoms with E-state index in [2.05, 4.69) is 63.7 Å². The van der Waals surface area contributed by atoms with E-state index < -0.39 is 17.4 Å². The third-order valence-corrected chi connectivity index (χ3v) is 7.12. The number of benzene rings is 1. The van der Waals surface area contributed by atoms with Gasteiger partial charge in [0, 0.05) is 17.9 Å². The normalized spacial score (nSPS) is 17.5. The van der Waals surface area contributed by atoms with Gasteiger partial charge < -0.3 is 10.2 Å². The number of hydrogen-bond donors (Lipinski definition) is 2. The van der Waals surface area contributed by atoms with E-state index in [0.717, 1.165) is 0 Å². The molecule has 4 nitrogen and oxygen atoms in total. The van der Waals surface area contributed by atoms with Crippen molar-refractivity contribution in [3.05, 3.63) is 29.0 Å². The fraction of sp³-hybridized carbons (Fsp3) is 0.111. The third-order valence-electron chi connectivity index (χ3n) is 2.35. The number of rotatable bonds is 0. The Labute approximate surface area is 129 Å². The summed E-state index contributed by atoms with van der Waals surface area (Å²) in [7, 11) is 0. The van der Waals surface area contributed by atoms with Gasteiger partial charge in [0.2, 0.25) is 11.6 Å². The molecule has 17 heavy (non-hydrogen) atoms. The highest BCUT2D eigenvalue weighted by Gasteiger charge is 2.53. The highest BCUT2D eigenvalue weighted by molar-refractivity contribution is 9.15. The standard InChI is InChI=1S/C9H2Br4O4/c10-3-1-2(4(11)6(13)5(3)12)8(15)9(16,17)7(1)14/h16-17H. The van der Waals surface area contributed by atoms with E-state index in [4.69, 9.17) is 0 Å². The van der Waals surface area contributed by atoms with Crippen LogP contribution in [0.15, 0.2) is 17.9 Å². The average Bonchev–Trinajstić information content (AvgIpc) is 2.45. The molecule has 0 saturated heterocycles. The Hall–Kier alpha value is 0.400. The molecule has 0 heterocycles. The Morgan fingerprint density at radius 1 is 0.706 bits per heavy atom. The molecule has 0 fully saturated rings. The van der Waals surface area contributed by atoms with Crippen LogP contribution < -0.4 is 0 Å². The molecule has 0 unspecified atom stereocenters. The van der Waals surface area contributed by atoms with Gasteiger partial charge in [-0.1, -0.05) is 0 Å². The molecule has 1 aliphatic carbocycles. The number of Topliss-reactive ketones (excluding diaryl/α,β-unsaturated/α-hetero) is 2. The highest BCUT2D eigenvalue weighted by Crippen LogP contribution is 2.46. The Bertz CT molecular complexity index is 530. The van der Waals surface area contributed by atoms with Crippen molar-refractivity contribution >= 4 is 75.3 Å². The van der Waals surface area contributed by atoms with Crippen molar-refractivity contribution in [1.82, 2.24) is 0 Å². The van der Waals surface area contributed by atoms with Gasteiger partial charge in [0.1, 0.15) is 0 Å². The minimum absolute atomic E-state index is 0.0537. The molecule has 0 aromatic heterocycles. The molecular formula is C9H2Br4O4. The van der Waals surface area contributed by atoms with Crippen LogP contribution in [0, 0.1) is 0 Å². The number of aliphatic hydroxyl groups is 2. The molecule has 0 aliphatic heterocycles. The van der Waals surface area contributed by atoms with Crippen molar-refractivity contribution in [2.75, 3.05) is 0 Å². The van der Waals surface area contributed by atoms with Crippen molar-refractivity contribution in [2.24, 2.45) is 0 Å². The zero-order valence-electron chi connectivity index (χ0n) is 7.72. The quantitative estimate of drug-likeness (QED) is 0.252. The second kappa shape index (κ2) is 4.21. The maximum Gasteiger partial charge on any atom is 0.295 e. The molecule has 90 valence electrons. The van der Waals surface area contributed by atoms with Gasteiger partial charge in [-0.05, 0) is 63.7 Å². The first-order chi connectivity index (χ1) is 7.71. The molecule has 0 amide bonds. The van der Waals surface area contributed by atoms with Crippen LogP contribution in [-0.4, -0.2) is 27.6 Å². The van der Waals surface area contributed by atoms with E-state index in [-0.39, 0.29) is 11.1 Å². The van der Waals surface area contributed by atoms with E-state index in [0.29, 0.717) is 17.9 Å². The molecule has 2 rings (SSSR count). The number of ketones is 2. The van der Waals surface area contributed by atoms with Crippen LogP contribution in [0.2, 0.25) is 0 Å². The lowest BCUT2D eigenvalue weighted by Gasteiger charge is -2.08. The smallest absolute Gasteiger partial charge is 0.295 e. The number of halogens is 4. The summed E-state index contributed by atoms with van der Waals surface area (Å²) in [4.78, 5) is 23.5. The molecule has 1 aromatic carbocycles. The molecular weight excluding hydrogens is 492 g/mol. The molecule has 0 bridgehead atoms. The molecule has 0 atom stereocenters. The monoisotopic (exact) mass is 490 g/mol. The summed E-state index contributed by atoms with van der Waals surface area (Å²) in [5.41, 5.74) is -0.107. The molecule has 1 aromatic rings. The van der Waals surface area contributed by atoms with Gasteiger partial charge in [-0.2, -0.15) is 0 Å². The number of fused-ring (bicyclic) bond motifs is 1. The van der Waals surface area contributed by atoms with Crippen LogP contribution in [0.4, 0.5) is 0 Å². The van der Waals surface area contributed by atoms with E-state index >= 15 is 0 Å². The predicted octanol–water partition coefficient (Wildman–Crippen LogP) is 2.80. The molecule has 1 aliphatic rings. The van der Waals surface area contributed by atoms with E-state index in [1.165, 1.54) is 0 Å². The lowest BCUT2D eigenvalue weighted by molar-refractivity contribution is -0.0857. The molecule has 8 heteroatoms. The Kier molecular flexibility index (Phi) is 3.42. The van der Waals surface area contributed by atoms with Gasteiger partial charge in [-0.15, -0.1) is 0 Å². The largest absolute Gasteiger partial charge is 0.353 e. The minimum atomic E-state index is -2.99. The molecule has 0 spiro atoms. The Morgan fingerprint density at radius 3 is 1.29 bits per heavy atom. The van der Waals surface area contributed by atoms with Crippen LogP contribution in [0.25, 0.3) is 0 Å². The first-order valence-electron chi connectivity index (χ1n) is 4.11. The van der Waals surface area contributed by atoms with Gasteiger partial charge in [0.25, 0.3) is 5.79 Å². The summed E-state index contributed by atoms with van der Waals surface area (Å²) in [6.45, 7) is 0. The van der Waals surface area contributed by atoms with E-state index in [1.807, 2.05) is 0 Å². The highest BCUT2D eigenvalue weighted by atomic mass is 79.9. The summed E-state index contributed by atoms with van der Waals surface area (Å²) in [6.07, 6.45) is 0. The lowest BCUT2D eigenvalue weighted by atomic mass is 10.1.